The number of fused-ring (bicyclic) bond motifs is 1. The van der Waals surface area contributed by atoms with E-state index in [1.807, 2.05) is 0 Å². The summed E-state index contributed by atoms with van der Waals surface area (Å²) in [4.78, 5) is 0. The average Bonchev–Trinajstić information content (AvgIpc) is 2.88. The molecule has 0 unspecified atom stereocenters. The molecule has 2 aliphatic heterocycles. The first-order valence-electron chi connectivity index (χ1n) is 7.14. The summed E-state index contributed by atoms with van der Waals surface area (Å²) in [6.45, 7) is 1.84. The quantitative estimate of drug-likeness (QED) is 0.911. The Bertz CT molecular complexity index is 465. The van der Waals surface area contributed by atoms with Crippen LogP contribution >= 0.6 is 0 Å². The van der Waals surface area contributed by atoms with Crippen molar-refractivity contribution in [2.24, 2.45) is 0 Å². The van der Waals surface area contributed by atoms with Crippen LogP contribution in [0, 0.1) is 0 Å². The zero-order valence-electron chi connectivity index (χ0n) is 11.2. The van der Waals surface area contributed by atoms with Gasteiger partial charge in [-0.15, -0.1) is 0 Å². The van der Waals surface area contributed by atoms with Crippen molar-refractivity contribution in [1.82, 2.24) is 5.32 Å². The lowest BCUT2D eigenvalue weighted by atomic mass is 10.1. The fraction of sp³-hybridized carbons (Fsp3) is 0.600. The molecule has 0 amide bonds. The second kappa shape index (κ2) is 6.06. The molecule has 0 radical (unpaired) electrons. The van der Waals surface area contributed by atoms with Gasteiger partial charge in [0.25, 0.3) is 0 Å². The van der Waals surface area contributed by atoms with Crippen LogP contribution < -0.4 is 10.1 Å². The molecular formula is C15H21NO2S. The highest BCUT2D eigenvalue weighted by molar-refractivity contribution is 7.85. The molecule has 2 heterocycles. The van der Waals surface area contributed by atoms with E-state index in [2.05, 4.69) is 23.5 Å². The van der Waals surface area contributed by atoms with Gasteiger partial charge >= 0.3 is 0 Å². The van der Waals surface area contributed by atoms with Gasteiger partial charge in [-0.3, -0.25) is 4.21 Å². The summed E-state index contributed by atoms with van der Waals surface area (Å²) in [7, 11) is -0.556. The minimum atomic E-state index is -0.556. The molecule has 0 saturated carbocycles. The van der Waals surface area contributed by atoms with Gasteiger partial charge in [-0.05, 0) is 43.0 Å². The predicted molar refractivity (Wildman–Crippen MR) is 78.2 cm³/mol. The molecule has 1 aromatic rings. The van der Waals surface area contributed by atoms with Crippen molar-refractivity contribution in [3.8, 4) is 5.75 Å². The molecule has 1 fully saturated rings. The summed E-state index contributed by atoms with van der Waals surface area (Å²) in [6, 6.07) is 7.11. The maximum absolute atomic E-state index is 11.3. The fourth-order valence-electron chi connectivity index (χ4n) is 2.81. The van der Waals surface area contributed by atoms with Crippen LogP contribution in [0.4, 0.5) is 0 Å². The van der Waals surface area contributed by atoms with Crippen molar-refractivity contribution in [3.63, 3.8) is 0 Å². The Morgan fingerprint density at radius 3 is 3.00 bits per heavy atom. The normalized spacial score (nSPS) is 25.9. The lowest BCUT2D eigenvalue weighted by Crippen LogP contribution is -2.36. The van der Waals surface area contributed by atoms with Crippen molar-refractivity contribution in [1.29, 1.82) is 0 Å². The SMILES string of the molecule is O=S1CCC(NCCc2ccc3c(c2)CCO3)CC1. The van der Waals surface area contributed by atoms with Crippen molar-refractivity contribution >= 4 is 10.8 Å². The predicted octanol–water partition coefficient (Wildman–Crippen LogP) is 1.66. The molecule has 1 N–H and O–H groups in total. The number of ether oxygens (including phenoxy) is 1. The first-order chi connectivity index (χ1) is 9.31. The first kappa shape index (κ1) is 13.1. The highest BCUT2D eigenvalue weighted by atomic mass is 32.2. The first-order valence-corrected chi connectivity index (χ1v) is 8.63. The number of nitrogens with one attached hydrogen (secondary N) is 1. The van der Waals surface area contributed by atoms with Crippen LogP contribution in [0.15, 0.2) is 18.2 Å². The molecule has 0 bridgehead atoms. The third kappa shape index (κ3) is 3.37. The van der Waals surface area contributed by atoms with Crippen molar-refractivity contribution < 1.29 is 8.95 Å². The van der Waals surface area contributed by atoms with E-state index in [4.69, 9.17) is 4.74 Å². The van der Waals surface area contributed by atoms with E-state index in [0.717, 1.165) is 56.1 Å². The van der Waals surface area contributed by atoms with E-state index in [9.17, 15) is 4.21 Å². The van der Waals surface area contributed by atoms with Crippen LogP contribution in [0.1, 0.15) is 24.0 Å². The molecule has 3 nitrogen and oxygen atoms in total. The lowest BCUT2D eigenvalue weighted by molar-refractivity contribution is 0.357. The van der Waals surface area contributed by atoms with Crippen molar-refractivity contribution in [2.45, 2.75) is 31.7 Å². The Labute approximate surface area is 117 Å². The van der Waals surface area contributed by atoms with Gasteiger partial charge in [-0.1, -0.05) is 12.1 Å². The summed E-state index contributed by atoms with van der Waals surface area (Å²) in [5.74, 6) is 2.80. The zero-order chi connectivity index (χ0) is 13.1. The molecular weight excluding hydrogens is 258 g/mol. The Morgan fingerprint density at radius 2 is 2.16 bits per heavy atom. The summed E-state index contributed by atoms with van der Waals surface area (Å²) in [6.07, 6.45) is 4.23. The smallest absolute Gasteiger partial charge is 0.122 e. The van der Waals surface area contributed by atoms with Crippen molar-refractivity contribution in [3.05, 3.63) is 29.3 Å². The van der Waals surface area contributed by atoms with Crippen LogP contribution in [-0.2, 0) is 23.6 Å². The van der Waals surface area contributed by atoms with Crippen LogP contribution in [0.25, 0.3) is 0 Å². The third-order valence-electron chi connectivity index (χ3n) is 3.99. The molecule has 104 valence electrons. The zero-order valence-corrected chi connectivity index (χ0v) is 12.0. The number of rotatable bonds is 4. The van der Waals surface area contributed by atoms with Crippen LogP contribution in [-0.4, -0.2) is 34.9 Å². The highest BCUT2D eigenvalue weighted by Crippen LogP contribution is 2.25. The summed E-state index contributed by atoms with van der Waals surface area (Å²) in [5, 5.41) is 3.59. The van der Waals surface area contributed by atoms with E-state index in [1.165, 1.54) is 11.1 Å². The van der Waals surface area contributed by atoms with E-state index in [-0.39, 0.29) is 0 Å². The molecule has 1 saturated heterocycles. The summed E-state index contributed by atoms with van der Waals surface area (Å²) < 4.78 is 16.8. The molecule has 19 heavy (non-hydrogen) atoms. The second-order valence-corrected chi connectivity index (χ2v) is 7.06. The molecule has 0 spiro atoms. The molecule has 0 aromatic heterocycles. The van der Waals surface area contributed by atoms with Gasteiger partial charge in [0.15, 0.2) is 0 Å². The molecule has 0 atom stereocenters. The molecule has 1 aromatic carbocycles. The monoisotopic (exact) mass is 279 g/mol. The second-order valence-electron chi connectivity index (χ2n) is 5.37. The van der Waals surface area contributed by atoms with E-state index in [1.54, 1.807) is 0 Å². The maximum Gasteiger partial charge on any atom is 0.122 e. The highest BCUT2D eigenvalue weighted by Gasteiger charge is 2.17. The number of hydrogen-bond donors (Lipinski definition) is 1. The van der Waals surface area contributed by atoms with E-state index >= 15 is 0 Å². The molecule has 4 heteroatoms. The van der Waals surface area contributed by atoms with Crippen LogP contribution in [0.3, 0.4) is 0 Å². The van der Waals surface area contributed by atoms with E-state index in [0.29, 0.717) is 6.04 Å². The van der Waals surface area contributed by atoms with Gasteiger partial charge in [0, 0.05) is 34.8 Å². The Balaban J connectivity index is 1.46. The Morgan fingerprint density at radius 1 is 1.32 bits per heavy atom. The summed E-state index contributed by atoms with van der Waals surface area (Å²) in [5.41, 5.74) is 2.74. The number of benzene rings is 1. The van der Waals surface area contributed by atoms with Gasteiger partial charge in [0.05, 0.1) is 6.61 Å². The number of hydrogen-bond acceptors (Lipinski definition) is 3. The standard InChI is InChI=1S/C15H21NO2S/c17-19-9-5-14(6-10-19)16-7-3-12-1-2-15-13(11-12)4-8-18-15/h1-2,11,14,16H,3-10H2. The Hall–Kier alpha value is -0.870. The van der Waals surface area contributed by atoms with E-state index < -0.39 is 10.8 Å². The van der Waals surface area contributed by atoms with Gasteiger partial charge < -0.3 is 10.1 Å². The molecule has 0 aliphatic carbocycles. The minimum Gasteiger partial charge on any atom is -0.493 e. The van der Waals surface area contributed by atoms with Crippen LogP contribution in [0.5, 0.6) is 5.75 Å². The fourth-order valence-corrected chi connectivity index (χ4v) is 4.11. The van der Waals surface area contributed by atoms with Gasteiger partial charge in [-0.25, -0.2) is 0 Å². The minimum absolute atomic E-state index is 0.556. The third-order valence-corrected chi connectivity index (χ3v) is 5.37. The summed E-state index contributed by atoms with van der Waals surface area (Å²) >= 11 is 0. The molecule has 3 rings (SSSR count). The maximum atomic E-state index is 11.3. The largest absolute Gasteiger partial charge is 0.493 e. The van der Waals surface area contributed by atoms with Gasteiger partial charge in [0.1, 0.15) is 5.75 Å². The van der Waals surface area contributed by atoms with Gasteiger partial charge in [-0.2, -0.15) is 0 Å². The lowest BCUT2D eigenvalue weighted by Gasteiger charge is -2.22. The average molecular weight is 279 g/mol. The topological polar surface area (TPSA) is 38.3 Å². The molecule has 2 aliphatic rings. The Kier molecular flexibility index (Phi) is 4.18. The van der Waals surface area contributed by atoms with Crippen molar-refractivity contribution in [2.75, 3.05) is 24.7 Å². The van der Waals surface area contributed by atoms with Gasteiger partial charge in [0.2, 0.25) is 0 Å². The van der Waals surface area contributed by atoms with Crippen LogP contribution in [0.2, 0.25) is 0 Å².